The molecule has 0 aliphatic rings. The predicted octanol–water partition coefficient (Wildman–Crippen LogP) is 1.75. The van der Waals surface area contributed by atoms with E-state index >= 15 is 0 Å². The first-order valence-electron chi connectivity index (χ1n) is 3.08. The van der Waals surface area contributed by atoms with E-state index in [1.807, 2.05) is 0 Å². The van der Waals surface area contributed by atoms with E-state index in [-0.39, 0.29) is 5.70 Å². The summed E-state index contributed by atoms with van der Waals surface area (Å²) in [7, 11) is 0. The van der Waals surface area contributed by atoms with Crippen LogP contribution in [0.5, 0.6) is 0 Å². The van der Waals surface area contributed by atoms with Gasteiger partial charge in [0, 0.05) is 5.70 Å². The van der Waals surface area contributed by atoms with Gasteiger partial charge >= 0.3 is 12.1 Å². The number of carbonyl (C=O) groups excluding carboxylic acids is 1. The third-order valence-electron chi connectivity index (χ3n) is 1.05. The van der Waals surface area contributed by atoms with Crippen LogP contribution in [0.1, 0.15) is 6.92 Å². The molecule has 0 radical (unpaired) electrons. The van der Waals surface area contributed by atoms with Crippen molar-refractivity contribution >= 4 is 5.91 Å². The van der Waals surface area contributed by atoms with Crippen molar-refractivity contribution in [2.24, 2.45) is 0 Å². The molecule has 0 aromatic carbocycles. The number of alkyl halides is 3. The summed E-state index contributed by atoms with van der Waals surface area (Å²) in [6.07, 6.45) is -2.41. The maximum atomic E-state index is 11.6. The second-order valence-electron chi connectivity index (χ2n) is 1.90. The van der Waals surface area contributed by atoms with E-state index in [4.69, 9.17) is 0 Å². The van der Waals surface area contributed by atoms with E-state index in [9.17, 15) is 18.0 Å². The molecule has 5 heteroatoms. The van der Waals surface area contributed by atoms with Crippen LogP contribution in [0.15, 0.2) is 24.4 Å². The highest BCUT2D eigenvalue weighted by Crippen LogP contribution is 2.14. The van der Waals surface area contributed by atoms with E-state index in [0.29, 0.717) is 0 Å². The lowest BCUT2D eigenvalue weighted by Crippen LogP contribution is -2.35. The van der Waals surface area contributed by atoms with Gasteiger partial charge in [0.05, 0.1) is 0 Å². The summed E-state index contributed by atoms with van der Waals surface area (Å²) in [5, 5.41) is 1.64. The Bertz CT molecular complexity index is 217. The molecule has 0 saturated carbocycles. The molecule has 0 aliphatic carbocycles. The van der Waals surface area contributed by atoms with Crippen LogP contribution in [-0.2, 0) is 4.79 Å². The van der Waals surface area contributed by atoms with Gasteiger partial charge in [-0.1, -0.05) is 12.7 Å². The summed E-state index contributed by atoms with van der Waals surface area (Å²) in [5.74, 6) is -1.99. The van der Waals surface area contributed by atoms with E-state index in [0.717, 1.165) is 6.08 Å². The summed E-state index contributed by atoms with van der Waals surface area (Å²) >= 11 is 0. The fourth-order valence-electron chi connectivity index (χ4n) is 0.443. The maximum Gasteiger partial charge on any atom is 0.471 e. The first kappa shape index (κ1) is 10.7. The van der Waals surface area contributed by atoms with E-state index in [2.05, 4.69) is 6.58 Å². The average molecular weight is 179 g/mol. The molecule has 2 nitrogen and oxygen atoms in total. The van der Waals surface area contributed by atoms with Crippen molar-refractivity contribution in [3.05, 3.63) is 24.4 Å². The quantitative estimate of drug-likeness (QED) is 0.643. The van der Waals surface area contributed by atoms with Gasteiger partial charge < -0.3 is 5.32 Å². The highest BCUT2D eigenvalue weighted by molar-refractivity contribution is 5.83. The van der Waals surface area contributed by atoms with Crippen molar-refractivity contribution in [1.82, 2.24) is 5.32 Å². The molecule has 0 spiro atoms. The van der Waals surface area contributed by atoms with Gasteiger partial charge in [0.2, 0.25) is 0 Å². The second-order valence-corrected chi connectivity index (χ2v) is 1.90. The topological polar surface area (TPSA) is 29.1 Å². The molecule has 0 bridgehead atoms. The summed E-state index contributed by atoms with van der Waals surface area (Å²) < 4.78 is 34.8. The van der Waals surface area contributed by atoms with Crippen LogP contribution in [0.3, 0.4) is 0 Å². The van der Waals surface area contributed by atoms with Crippen LogP contribution in [0.2, 0.25) is 0 Å². The molecule has 0 atom stereocenters. The lowest BCUT2D eigenvalue weighted by atomic mass is 10.4. The predicted molar refractivity (Wildman–Crippen MR) is 38.2 cm³/mol. The number of hydrogen-bond acceptors (Lipinski definition) is 1. The van der Waals surface area contributed by atoms with Crippen LogP contribution in [-0.4, -0.2) is 12.1 Å². The number of rotatable bonds is 2. The Morgan fingerprint density at radius 3 is 2.25 bits per heavy atom. The molecule has 0 aromatic heterocycles. The van der Waals surface area contributed by atoms with Gasteiger partial charge in [-0.05, 0) is 13.0 Å². The van der Waals surface area contributed by atoms with Crippen molar-refractivity contribution in [3.63, 3.8) is 0 Å². The number of allylic oxidation sites excluding steroid dienone is 2. The molecule has 1 N–H and O–H groups in total. The molecular formula is C7H8F3NO. The minimum absolute atomic E-state index is 0.0392. The van der Waals surface area contributed by atoms with Crippen molar-refractivity contribution in [2.45, 2.75) is 13.1 Å². The Morgan fingerprint density at radius 1 is 1.50 bits per heavy atom. The fraction of sp³-hybridized carbons (Fsp3) is 0.286. The van der Waals surface area contributed by atoms with E-state index in [1.54, 1.807) is 5.32 Å². The molecule has 0 rings (SSSR count). The Labute approximate surface area is 67.8 Å². The number of halogens is 3. The Hall–Kier alpha value is -1.26. The van der Waals surface area contributed by atoms with E-state index < -0.39 is 12.1 Å². The third kappa shape index (κ3) is 3.23. The van der Waals surface area contributed by atoms with Crippen molar-refractivity contribution in [3.8, 4) is 0 Å². The molecule has 1 amide bonds. The van der Waals surface area contributed by atoms with E-state index in [1.165, 1.54) is 13.0 Å². The fourth-order valence-corrected chi connectivity index (χ4v) is 0.443. The molecule has 68 valence electrons. The van der Waals surface area contributed by atoms with Crippen LogP contribution >= 0.6 is 0 Å². The van der Waals surface area contributed by atoms with Gasteiger partial charge in [0.15, 0.2) is 0 Å². The van der Waals surface area contributed by atoms with Crippen molar-refractivity contribution in [2.75, 3.05) is 0 Å². The molecule has 0 fully saturated rings. The lowest BCUT2D eigenvalue weighted by Gasteiger charge is -2.07. The highest BCUT2D eigenvalue weighted by Gasteiger charge is 2.38. The third-order valence-corrected chi connectivity index (χ3v) is 1.05. The van der Waals surface area contributed by atoms with Crippen LogP contribution in [0, 0.1) is 0 Å². The Balaban J connectivity index is 4.29. The normalized spacial score (nSPS) is 12.5. The standard InChI is InChI=1S/C7H8F3NO/c1-3-5(4-2)11-6(12)7(8,9)10/h3-4H,1H2,2H3,(H,11,12). The maximum absolute atomic E-state index is 11.6. The van der Waals surface area contributed by atoms with Gasteiger partial charge in [0.25, 0.3) is 0 Å². The Kier molecular flexibility index (Phi) is 3.53. The summed E-state index contributed by atoms with van der Waals surface area (Å²) in [5.41, 5.74) is 0.0392. The Morgan fingerprint density at radius 2 is 2.00 bits per heavy atom. The second kappa shape index (κ2) is 3.94. The van der Waals surface area contributed by atoms with Crippen LogP contribution in [0.25, 0.3) is 0 Å². The number of hydrogen-bond donors (Lipinski definition) is 1. The molecule has 0 aromatic rings. The molecule has 0 saturated heterocycles. The number of carbonyl (C=O) groups is 1. The smallest absolute Gasteiger partial charge is 0.319 e. The zero-order valence-electron chi connectivity index (χ0n) is 6.40. The monoisotopic (exact) mass is 179 g/mol. The number of nitrogens with one attached hydrogen (secondary N) is 1. The zero-order valence-corrected chi connectivity index (χ0v) is 6.40. The molecule has 0 aliphatic heterocycles. The molecule has 0 heterocycles. The summed E-state index contributed by atoms with van der Waals surface area (Å²) in [4.78, 5) is 10.3. The van der Waals surface area contributed by atoms with Gasteiger partial charge in [-0.25, -0.2) is 0 Å². The SMILES string of the molecule is C=CC(=CC)NC(=O)C(F)(F)F. The zero-order chi connectivity index (χ0) is 9.78. The van der Waals surface area contributed by atoms with Crippen LogP contribution in [0.4, 0.5) is 13.2 Å². The summed E-state index contributed by atoms with van der Waals surface area (Å²) in [6, 6.07) is 0. The first-order valence-corrected chi connectivity index (χ1v) is 3.08. The van der Waals surface area contributed by atoms with Gasteiger partial charge in [0.1, 0.15) is 0 Å². The lowest BCUT2D eigenvalue weighted by molar-refractivity contribution is -0.172. The molecular weight excluding hydrogens is 171 g/mol. The minimum atomic E-state index is -4.85. The molecule has 0 unspecified atom stereocenters. The van der Waals surface area contributed by atoms with Crippen LogP contribution < -0.4 is 5.32 Å². The first-order chi connectivity index (χ1) is 5.41. The number of amides is 1. The highest BCUT2D eigenvalue weighted by atomic mass is 19.4. The van der Waals surface area contributed by atoms with Gasteiger partial charge in [-0.15, -0.1) is 0 Å². The molecule has 12 heavy (non-hydrogen) atoms. The average Bonchev–Trinajstić information content (AvgIpc) is 1.97. The van der Waals surface area contributed by atoms with Crippen molar-refractivity contribution in [1.29, 1.82) is 0 Å². The largest absolute Gasteiger partial charge is 0.471 e. The summed E-state index contributed by atoms with van der Waals surface area (Å²) in [6.45, 7) is 4.71. The van der Waals surface area contributed by atoms with Crippen molar-refractivity contribution < 1.29 is 18.0 Å². The van der Waals surface area contributed by atoms with Gasteiger partial charge in [-0.2, -0.15) is 13.2 Å². The van der Waals surface area contributed by atoms with Gasteiger partial charge in [-0.3, -0.25) is 4.79 Å². The minimum Gasteiger partial charge on any atom is -0.319 e.